The van der Waals surface area contributed by atoms with E-state index in [-0.39, 0.29) is 23.7 Å². The molecule has 1 fully saturated rings. The Bertz CT molecular complexity index is 431. The summed E-state index contributed by atoms with van der Waals surface area (Å²) >= 11 is 0. The number of carbonyl (C=O) groups is 1. The highest BCUT2D eigenvalue weighted by Gasteiger charge is 2.35. The molecule has 4 nitrogen and oxygen atoms in total. The number of nitrogens with two attached hydrogens (primary N) is 1. The second-order valence-electron chi connectivity index (χ2n) is 4.26. The number of anilines is 2. The van der Waals surface area contributed by atoms with Crippen molar-refractivity contribution < 1.29 is 13.9 Å². The van der Waals surface area contributed by atoms with Crippen LogP contribution < -0.4 is 11.1 Å². The third-order valence-electron chi connectivity index (χ3n) is 3.05. The van der Waals surface area contributed by atoms with Crippen LogP contribution in [0.1, 0.15) is 12.8 Å². The van der Waals surface area contributed by atoms with Crippen molar-refractivity contribution in [3.63, 3.8) is 0 Å². The third-order valence-corrected chi connectivity index (χ3v) is 3.05. The van der Waals surface area contributed by atoms with Gasteiger partial charge in [-0.3, -0.25) is 4.79 Å². The first-order chi connectivity index (χ1) is 8.10. The smallest absolute Gasteiger partial charge is 0.308 e. The van der Waals surface area contributed by atoms with Gasteiger partial charge in [0.1, 0.15) is 5.82 Å². The van der Waals surface area contributed by atoms with Crippen molar-refractivity contribution in [2.24, 2.45) is 5.92 Å². The van der Waals surface area contributed by atoms with Crippen LogP contribution in [0.3, 0.4) is 0 Å². The second-order valence-corrected chi connectivity index (χ2v) is 4.26. The van der Waals surface area contributed by atoms with Gasteiger partial charge >= 0.3 is 5.97 Å². The van der Waals surface area contributed by atoms with Crippen LogP contribution in [0.25, 0.3) is 0 Å². The van der Waals surface area contributed by atoms with E-state index < -0.39 is 0 Å². The molecule has 0 aromatic heterocycles. The fourth-order valence-electron chi connectivity index (χ4n) is 1.98. The van der Waals surface area contributed by atoms with Gasteiger partial charge in [0.05, 0.1) is 24.4 Å². The van der Waals surface area contributed by atoms with Crippen LogP contribution in [0.4, 0.5) is 15.8 Å². The number of esters is 1. The quantitative estimate of drug-likeness (QED) is 0.622. The minimum Gasteiger partial charge on any atom is -0.469 e. The SMILES string of the molecule is COC(=O)[C@H]1C[C@@H](Nc2ccc(F)cc2N)C1. The van der Waals surface area contributed by atoms with Crippen molar-refractivity contribution in [1.82, 2.24) is 0 Å². The summed E-state index contributed by atoms with van der Waals surface area (Å²) in [6, 6.07) is 4.44. The summed E-state index contributed by atoms with van der Waals surface area (Å²) in [6.45, 7) is 0. The number of nitrogens with one attached hydrogen (secondary N) is 1. The second kappa shape index (κ2) is 4.61. The highest BCUT2D eigenvalue weighted by molar-refractivity contribution is 5.74. The lowest BCUT2D eigenvalue weighted by Gasteiger charge is -2.34. The van der Waals surface area contributed by atoms with Gasteiger partial charge in [-0.05, 0) is 31.0 Å². The van der Waals surface area contributed by atoms with E-state index in [1.54, 1.807) is 6.07 Å². The van der Waals surface area contributed by atoms with Crippen LogP contribution >= 0.6 is 0 Å². The summed E-state index contributed by atoms with van der Waals surface area (Å²) < 4.78 is 17.5. The molecule has 3 N–H and O–H groups in total. The summed E-state index contributed by atoms with van der Waals surface area (Å²) in [5.74, 6) is -0.552. The summed E-state index contributed by atoms with van der Waals surface area (Å²) in [7, 11) is 1.39. The van der Waals surface area contributed by atoms with E-state index in [0.717, 1.165) is 12.8 Å². The molecule has 0 heterocycles. The lowest BCUT2D eigenvalue weighted by molar-refractivity contribution is -0.148. The van der Waals surface area contributed by atoms with E-state index in [4.69, 9.17) is 5.73 Å². The van der Waals surface area contributed by atoms with Crippen LogP contribution in [0.2, 0.25) is 0 Å². The zero-order chi connectivity index (χ0) is 12.4. The maximum Gasteiger partial charge on any atom is 0.308 e. The molecular weight excluding hydrogens is 223 g/mol. The lowest BCUT2D eigenvalue weighted by Crippen LogP contribution is -2.40. The number of hydrogen-bond acceptors (Lipinski definition) is 4. The van der Waals surface area contributed by atoms with Crippen molar-refractivity contribution in [2.75, 3.05) is 18.2 Å². The summed E-state index contributed by atoms with van der Waals surface area (Å²) in [4.78, 5) is 11.2. The Labute approximate surface area is 98.9 Å². The van der Waals surface area contributed by atoms with Gasteiger partial charge in [-0.15, -0.1) is 0 Å². The van der Waals surface area contributed by atoms with E-state index in [2.05, 4.69) is 10.1 Å². The van der Waals surface area contributed by atoms with Crippen LogP contribution in [0.15, 0.2) is 18.2 Å². The monoisotopic (exact) mass is 238 g/mol. The van der Waals surface area contributed by atoms with Gasteiger partial charge in [0, 0.05) is 6.04 Å². The predicted molar refractivity (Wildman–Crippen MR) is 63.0 cm³/mol. The molecule has 0 radical (unpaired) electrons. The van der Waals surface area contributed by atoms with Gasteiger partial charge in [-0.2, -0.15) is 0 Å². The number of rotatable bonds is 3. The predicted octanol–water partition coefficient (Wildman–Crippen LogP) is 1.77. The number of ether oxygens (including phenoxy) is 1. The molecule has 0 amide bonds. The molecule has 92 valence electrons. The van der Waals surface area contributed by atoms with Crippen LogP contribution in [-0.2, 0) is 9.53 Å². The summed E-state index contributed by atoms with van der Waals surface area (Å²) in [5.41, 5.74) is 6.76. The van der Waals surface area contributed by atoms with Gasteiger partial charge in [-0.25, -0.2) is 4.39 Å². The highest BCUT2D eigenvalue weighted by atomic mass is 19.1. The highest BCUT2D eigenvalue weighted by Crippen LogP contribution is 2.32. The largest absolute Gasteiger partial charge is 0.469 e. The van der Waals surface area contributed by atoms with E-state index in [1.807, 2.05) is 0 Å². The number of benzene rings is 1. The minimum atomic E-state index is -0.353. The first-order valence-corrected chi connectivity index (χ1v) is 5.49. The summed E-state index contributed by atoms with van der Waals surface area (Å²) in [5, 5.41) is 3.18. The maximum absolute atomic E-state index is 12.8. The van der Waals surface area contributed by atoms with E-state index in [1.165, 1.54) is 19.2 Å². The summed E-state index contributed by atoms with van der Waals surface area (Å²) in [6.07, 6.45) is 1.45. The first-order valence-electron chi connectivity index (χ1n) is 5.49. The van der Waals surface area contributed by atoms with Gasteiger partial charge in [0.15, 0.2) is 0 Å². The van der Waals surface area contributed by atoms with Crippen LogP contribution in [0.5, 0.6) is 0 Å². The van der Waals surface area contributed by atoms with Crippen molar-refractivity contribution in [1.29, 1.82) is 0 Å². The number of halogens is 1. The molecule has 0 spiro atoms. The molecule has 5 heteroatoms. The molecule has 1 aliphatic carbocycles. The van der Waals surface area contributed by atoms with Gasteiger partial charge in [-0.1, -0.05) is 0 Å². The molecule has 1 aromatic rings. The van der Waals surface area contributed by atoms with Crippen molar-refractivity contribution in [3.8, 4) is 0 Å². The van der Waals surface area contributed by atoms with Crippen LogP contribution in [-0.4, -0.2) is 19.1 Å². The third kappa shape index (κ3) is 2.49. The molecular formula is C12H15FN2O2. The number of hydrogen-bond donors (Lipinski definition) is 2. The van der Waals surface area contributed by atoms with E-state index >= 15 is 0 Å². The van der Waals surface area contributed by atoms with Crippen LogP contribution in [0, 0.1) is 11.7 Å². The Balaban J connectivity index is 1.90. The molecule has 0 unspecified atom stereocenters. The fraction of sp³-hybridized carbons (Fsp3) is 0.417. The fourth-order valence-corrected chi connectivity index (χ4v) is 1.98. The zero-order valence-electron chi connectivity index (χ0n) is 9.57. The van der Waals surface area contributed by atoms with E-state index in [9.17, 15) is 9.18 Å². The zero-order valence-corrected chi connectivity index (χ0v) is 9.57. The Morgan fingerprint density at radius 3 is 2.82 bits per heavy atom. The van der Waals surface area contributed by atoms with Gasteiger partial charge < -0.3 is 15.8 Å². The van der Waals surface area contributed by atoms with Crippen molar-refractivity contribution >= 4 is 17.3 Å². The average molecular weight is 238 g/mol. The van der Waals surface area contributed by atoms with Crippen molar-refractivity contribution in [3.05, 3.63) is 24.0 Å². The molecule has 0 bridgehead atoms. The Hall–Kier alpha value is -1.78. The first kappa shape index (κ1) is 11.7. The minimum absolute atomic E-state index is 0.0285. The molecule has 1 aliphatic rings. The Morgan fingerprint density at radius 2 is 2.24 bits per heavy atom. The standard InChI is InChI=1S/C12H15FN2O2/c1-17-12(16)7-4-9(5-7)15-11-3-2-8(13)6-10(11)14/h2-3,6-7,9,15H,4-5,14H2,1H3/t7-,9+. The van der Waals surface area contributed by atoms with E-state index in [0.29, 0.717) is 11.4 Å². The maximum atomic E-state index is 12.8. The topological polar surface area (TPSA) is 64.3 Å². The molecule has 17 heavy (non-hydrogen) atoms. The molecule has 0 atom stereocenters. The van der Waals surface area contributed by atoms with Gasteiger partial charge in [0.25, 0.3) is 0 Å². The normalized spacial score (nSPS) is 22.7. The Morgan fingerprint density at radius 1 is 1.53 bits per heavy atom. The van der Waals surface area contributed by atoms with Crippen molar-refractivity contribution in [2.45, 2.75) is 18.9 Å². The number of methoxy groups -OCH3 is 1. The average Bonchev–Trinajstić information content (AvgIpc) is 2.24. The number of nitrogen functional groups attached to an aromatic ring is 1. The lowest BCUT2D eigenvalue weighted by atomic mass is 9.80. The van der Waals surface area contributed by atoms with Gasteiger partial charge in [0.2, 0.25) is 0 Å². The Kier molecular flexibility index (Phi) is 3.17. The molecule has 2 rings (SSSR count). The molecule has 1 aromatic carbocycles. The molecule has 1 saturated carbocycles. The molecule has 0 saturated heterocycles. The molecule has 0 aliphatic heterocycles. The number of carbonyl (C=O) groups excluding carboxylic acids is 1.